The fourth-order valence-electron chi connectivity index (χ4n) is 2.84. The van der Waals surface area contributed by atoms with E-state index >= 15 is 0 Å². The summed E-state index contributed by atoms with van der Waals surface area (Å²) in [5.41, 5.74) is 2.68. The Bertz CT molecular complexity index is 574. The maximum absolute atomic E-state index is 5.34. The Morgan fingerprint density at radius 2 is 1.48 bits per heavy atom. The molecule has 0 aromatic heterocycles. The fraction of sp³-hybridized carbons (Fsp3) is 0.381. The molecule has 25 heavy (non-hydrogen) atoms. The molecule has 0 aliphatic heterocycles. The fourth-order valence-corrected chi connectivity index (χ4v) is 2.84. The number of nitrogens with one attached hydrogen (secondary N) is 2. The molecule has 2 N–H and O–H groups in total. The van der Waals surface area contributed by atoms with Gasteiger partial charge in [-0.15, -0.1) is 0 Å². The third-order valence-electron chi connectivity index (χ3n) is 4.10. The lowest BCUT2D eigenvalue weighted by molar-refractivity contribution is 0.152. The van der Waals surface area contributed by atoms with Gasteiger partial charge in [-0.3, -0.25) is 4.99 Å². The van der Waals surface area contributed by atoms with Gasteiger partial charge in [0.25, 0.3) is 0 Å². The predicted molar refractivity (Wildman–Crippen MR) is 105 cm³/mol. The molecule has 2 aromatic carbocycles. The molecule has 0 amide bonds. The highest BCUT2D eigenvalue weighted by Gasteiger charge is 2.13. The number of nitrogens with zero attached hydrogens (tertiary/aromatic N) is 1. The van der Waals surface area contributed by atoms with Crippen LogP contribution < -0.4 is 10.6 Å². The second-order valence-electron chi connectivity index (χ2n) is 5.79. The minimum atomic E-state index is 0.372. The van der Waals surface area contributed by atoms with Crippen molar-refractivity contribution in [2.24, 2.45) is 4.99 Å². The number of rotatable bonds is 9. The Hall–Kier alpha value is -2.33. The molecule has 0 spiro atoms. The molecule has 0 saturated heterocycles. The van der Waals surface area contributed by atoms with Crippen LogP contribution in [0.1, 0.15) is 30.4 Å². The molecule has 134 valence electrons. The normalized spacial score (nSPS) is 11.6. The van der Waals surface area contributed by atoms with Crippen LogP contribution in [0, 0.1) is 0 Å². The summed E-state index contributed by atoms with van der Waals surface area (Å²) in [6, 6.07) is 21.3. The predicted octanol–water partition coefficient (Wildman–Crippen LogP) is 3.41. The Morgan fingerprint density at radius 1 is 0.920 bits per heavy atom. The second-order valence-corrected chi connectivity index (χ2v) is 5.79. The first kappa shape index (κ1) is 19.0. The van der Waals surface area contributed by atoms with Gasteiger partial charge in [-0.05, 0) is 24.5 Å². The summed E-state index contributed by atoms with van der Waals surface area (Å²) in [4.78, 5) is 4.27. The maximum Gasteiger partial charge on any atom is 0.191 e. The SMILES string of the molecule is CCOCCNC(=NC)NCCC(c1ccccc1)c1ccccc1. The van der Waals surface area contributed by atoms with Crippen LogP contribution in [0.25, 0.3) is 0 Å². The van der Waals surface area contributed by atoms with Crippen molar-refractivity contribution in [1.29, 1.82) is 0 Å². The summed E-state index contributed by atoms with van der Waals surface area (Å²) in [5, 5.41) is 6.67. The van der Waals surface area contributed by atoms with Gasteiger partial charge in [-0.1, -0.05) is 60.7 Å². The number of hydrogen-bond acceptors (Lipinski definition) is 2. The average molecular weight is 339 g/mol. The van der Waals surface area contributed by atoms with Crippen LogP contribution in [-0.4, -0.2) is 39.3 Å². The molecule has 0 aliphatic rings. The van der Waals surface area contributed by atoms with E-state index in [1.807, 2.05) is 6.92 Å². The lowest BCUT2D eigenvalue weighted by atomic mass is 9.88. The Morgan fingerprint density at radius 3 is 2.00 bits per heavy atom. The Balaban J connectivity index is 1.92. The first-order valence-electron chi connectivity index (χ1n) is 8.97. The van der Waals surface area contributed by atoms with Crippen molar-refractivity contribution < 1.29 is 4.74 Å². The van der Waals surface area contributed by atoms with Crippen molar-refractivity contribution in [1.82, 2.24) is 10.6 Å². The molecule has 0 saturated carbocycles. The topological polar surface area (TPSA) is 45.6 Å². The van der Waals surface area contributed by atoms with Crippen LogP contribution in [0.5, 0.6) is 0 Å². The number of aliphatic imine (C=N–C) groups is 1. The molecular weight excluding hydrogens is 310 g/mol. The molecule has 2 aromatic rings. The molecule has 0 bridgehead atoms. The van der Waals surface area contributed by atoms with Crippen molar-refractivity contribution in [2.75, 3.05) is 33.4 Å². The van der Waals surface area contributed by atoms with E-state index < -0.39 is 0 Å². The summed E-state index contributed by atoms with van der Waals surface area (Å²) in [7, 11) is 1.79. The van der Waals surface area contributed by atoms with Gasteiger partial charge in [0.2, 0.25) is 0 Å². The Kier molecular flexibility index (Phi) is 8.56. The number of hydrogen-bond donors (Lipinski definition) is 2. The van der Waals surface area contributed by atoms with Crippen LogP contribution in [0.2, 0.25) is 0 Å². The smallest absolute Gasteiger partial charge is 0.191 e. The number of ether oxygens (including phenoxy) is 1. The van der Waals surface area contributed by atoms with Gasteiger partial charge in [-0.2, -0.15) is 0 Å². The molecule has 4 nitrogen and oxygen atoms in total. The summed E-state index contributed by atoms with van der Waals surface area (Å²) in [6.45, 7) is 5.04. The molecule has 0 atom stereocenters. The summed E-state index contributed by atoms with van der Waals surface area (Å²) in [5.74, 6) is 1.19. The highest BCUT2D eigenvalue weighted by Crippen LogP contribution is 2.27. The van der Waals surface area contributed by atoms with Gasteiger partial charge in [0.15, 0.2) is 5.96 Å². The summed E-state index contributed by atoms with van der Waals surface area (Å²) >= 11 is 0. The molecular formula is C21H29N3O. The van der Waals surface area contributed by atoms with Gasteiger partial charge in [0.05, 0.1) is 6.61 Å². The van der Waals surface area contributed by atoms with Gasteiger partial charge >= 0.3 is 0 Å². The summed E-state index contributed by atoms with van der Waals surface area (Å²) in [6.07, 6.45) is 1.00. The standard InChI is InChI=1S/C21H29N3O/c1-3-25-17-16-24-21(22-2)23-15-14-20(18-10-6-4-7-11-18)19-12-8-5-9-13-19/h4-13,20H,3,14-17H2,1-2H3,(H2,22,23,24). The third kappa shape index (κ3) is 6.59. The van der Waals surface area contributed by atoms with Crippen LogP contribution in [0.4, 0.5) is 0 Å². The van der Waals surface area contributed by atoms with Gasteiger partial charge in [0, 0.05) is 32.7 Å². The zero-order valence-corrected chi connectivity index (χ0v) is 15.2. The van der Waals surface area contributed by atoms with Crippen LogP contribution in [0.3, 0.4) is 0 Å². The number of benzene rings is 2. The van der Waals surface area contributed by atoms with Crippen molar-refractivity contribution in [3.8, 4) is 0 Å². The average Bonchev–Trinajstić information content (AvgIpc) is 2.68. The monoisotopic (exact) mass is 339 g/mol. The zero-order chi connectivity index (χ0) is 17.7. The molecule has 0 fully saturated rings. The first-order valence-corrected chi connectivity index (χ1v) is 8.97. The minimum Gasteiger partial charge on any atom is -0.380 e. The quantitative estimate of drug-likeness (QED) is 0.418. The van der Waals surface area contributed by atoms with Crippen molar-refractivity contribution in [3.63, 3.8) is 0 Å². The van der Waals surface area contributed by atoms with E-state index in [-0.39, 0.29) is 0 Å². The van der Waals surface area contributed by atoms with Gasteiger partial charge in [0.1, 0.15) is 0 Å². The molecule has 0 aliphatic carbocycles. The second kappa shape index (κ2) is 11.3. The lowest BCUT2D eigenvalue weighted by Crippen LogP contribution is -2.39. The molecule has 2 rings (SSSR count). The van der Waals surface area contributed by atoms with E-state index in [4.69, 9.17) is 4.74 Å². The van der Waals surface area contributed by atoms with Crippen molar-refractivity contribution >= 4 is 5.96 Å². The summed E-state index contributed by atoms with van der Waals surface area (Å²) < 4.78 is 5.34. The third-order valence-corrected chi connectivity index (χ3v) is 4.10. The van der Waals surface area contributed by atoms with Crippen molar-refractivity contribution in [2.45, 2.75) is 19.3 Å². The lowest BCUT2D eigenvalue weighted by Gasteiger charge is -2.19. The van der Waals surface area contributed by atoms with E-state index in [0.717, 1.165) is 32.1 Å². The van der Waals surface area contributed by atoms with E-state index in [1.54, 1.807) is 7.05 Å². The van der Waals surface area contributed by atoms with Crippen LogP contribution >= 0.6 is 0 Å². The molecule has 0 radical (unpaired) electrons. The van der Waals surface area contributed by atoms with E-state index in [2.05, 4.69) is 76.3 Å². The number of guanidine groups is 1. The van der Waals surface area contributed by atoms with Gasteiger partial charge in [-0.25, -0.2) is 0 Å². The van der Waals surface area contributed by atoms with Crippen molar-refractivity contribution in [3.05, 3.63) is 71.8 Å². The maximum atomic E-state index is 5.34. The minimum absolute atomic E-state index is 0.372. The van der Waals surface area contributed by atoms with Gasteiger partial charge < -0.3 is 15.4 Å². The van der Waals surface area contributed by atoms with Crippen LogP contribution in [0.15, 0.2) is 65.7 Å². The van der Waals surface area contributed by atoms with E-state index in [1.165, 1.54) is 11.1 Å². The first-order chi connectivity index (χ1) is 12.3. The van der Waals surface area contributed by atoms with E-state index in [9.17, 15) is 0 Å². The highest BCUT2D eigenvalue weighted by molar-refractivity contribution is 5.79. The molecule has 0 heterocycles. The largest absolute Gasteiger partial charge is 0.380 e. The highest BCUT2D eigenvalue weighted by atomic mass is 16.5. The molecule has 4 heteroatoms. The Labute approximate surface area is 151 Å². The zero-order valence-electron chi connectivity index (χ0n) is 15.2. The van der Waals surface area contributed by atoms with E-state index in [0.29, 0.717) is 12.5 Å². The van der Waals surface area contributed by atoms with Crippen LogP contribution in [-0.2, 0) is 4.74 Å². The molecule has 0 unspecified atom stereocenters.